The van der Waals surface area contributed by atoms with Crippen LogP contribution in [0.15, 0.2) is 48.5 Å². The molecule has 30 heavy (non-hydrogen) atoms. The molecule has 2 aromatic carbocycles. The topological polar surface area (TPSA) is 96.0 Å². The molecule has 0 bridgehead atoms. The molecule has 8 nitrogen and oxygen atoms in total. The van der Waals surface area contributed by atoms with Crippen LogP contribution in [0.5, 0.6) is 0 Å². The van der Waals surface area contributed by atoms with Gasteiger partial charge in [0.15, 0.2) is 6.61 Å². The van der Waals surface area contributed by atoms with Crippen molar-refractivity contribution in [3.8, 4) is 0 Å². The van der Waals surface area contributed by atoms with Gasteiger partial charge < -0.3 is 14.5 Å². The molecule has 10 heteroatoms. The number of para-hydroxylation sites is 1. The lowest BCUT2D eigenvalue weighted by atomic mass is 10.2. The first-order valence-corrected chi connectivity index (χ1v) is 11.1. The minimum absolute atomic E-state index is 0.126. The summed E-state index contributed by atoms with van der Waals surface area (Å²) in [5, 5.41) is 0. The van der Waals surface area contributed by atoms with E-state index in [1.54, 1.807) is 23.1 Å². The number of amides is 1. The van der Waals surface area contributed by atoms with E-state index in [4.69, 9.17) is 4.74 Å². The zero-order valence-electron chi connectivity index (χ0n) is 16.4. The maximum atomic E-state index is 13.9. The monoisotopic (exact) mass is 435 g/mol. The average molecular weight is 435 g/mol. The van der Waals surface area contributed by atoms with E-state index < -0.39 is 22.6 Å². The van der Waals surface area contributed by atoms with Crippen LogP contribution >= 0.6 is 0 Å². The van der Waals surface area contributed by atoms with Crippen LogP contribution in [-0.4, -0.2) is 64.2 Å². The Morgan fingerprint density at radius 1 is 1.07 bits per heavy atom. The van der Waals surface area contributed by atoms with Crippen molar-refractivity contribution in [2.75, 3.05) is 48.7 Å². The molecule has 1 fully saturated rings. The highest BCUT2D eigenvalue weighted by atomic mass is 32.2. The summed E-state index contributed by atoms with van der Waals surface area (Å²) >= 11 is 0. The molecule has 1 heterocycles. The Bertz CT molecular complexity index is 1040. The van der Waals surface area contributed by atoms with E-state index in [0.717, 1.165) is 6.26 Å². The van der Waals surface area contributed by atoms with Gasteiger partial charge in [-0.25, -0.2) is 17.6 Å². The quantitative estimate of drug-likeness (QED) is 0.694. The van der Waals surface area contributed by atoms with Crippen LogP contribution in [0.1, 0.15) is 10.4 Å². The highest BCUT2D eigenvalue weighted by Crippen LogP contribution is 2.20. The fraction of sp³-hybridized carbons (Fsp3) is 0.300. The molecule has 0 spiro atoms. The van der Waals surface area contributed by atoms with Crippen LogP contribution in [0.25, 0.3) is 0 Å². The van der Waals surface area contributed by atoms with Gasteiger partial charge in [-0.2, -0.15) is 0 Å². The standard InChI is InChI=1S/C20H22FN3O5S/c1-30(27,28)22-16-6-4-5-15(13-16)20(26)29-14-19(25)24-11-9-23(10-12-24)18-8-3-2-7-17(18)21/h2-8,13,22H,9-12,14H2,1H3. The van der Waals surface area contributed by atoms with E-state index in [1.165, 1.54) is 30.3 Å². The van der Waals surface area contributed by atoms with Crippen molar-refractivity contribution in [1.29, 1.82) is 0 Å². The lowest BCUT2D eigenvalue weighted by Gasteiger charge is -2.36. The van der Waals surface area contributed by atoms with Gasteiger partial charge in [0.1, 0.15) is 5.82 Å². The molecule has 2 aromatic rings. The zero-order valence-corrected chi connectivity index (χ0v) is 17.2. The summed E-state index contributed by atoms with van der Waals surface area (Å²) in [6, 6.07) is 12.3. The van der Waals surface area contributed by atoms with Crippen molar-refractivity contribution in [3.05, 3.63) is 59.9 Å². The Balaban J connectivity index is 1.51. The SMILES string of the molecule is CS(=O)(=O)Nc1cccc(C(=O)OCC(=O)N2CCN(c3ccccc3F)CC2)c1. The van der Waals surface area contributed by atoms with Gasteiger partial charge in [0.2, 0.25) is 10.0 Å². The van der Waals surface area contributed by atoms with Gasteiger partial charge in [-0.1, -0.05) is 18.2 Å². The van der Waals surface area contributed by atoms with Crippen molar-refractivity contribution in [1.82, 2.24) is 4.90 Å². The Labute approximate surface area is 174 Å². The van der Waals surface area contributed by atoms with Crippen LogP contribution in [0.2, 0.25) is 0 Å². The number of piperazine rings is 1. The normalized spacial score (nSPS) is 14.3. The van der Waals surface area contributed by atoms with Crippen LogP contribution in [0, 0.1) is 5.82 Å². The number of benzene rings is 2. The molecule has 1 N–H and O–H groups in total. The number of nitrogens with zero attached hydrogens (tertiary/aromatic N) is 2. The zero-order chi connectivity index (χ0) is 21.7. The molecule has 0 atom stereocenters. The number of rotatable bonds is 6. The van der Waals surface area contributed by atoms with Crippen LogP contribution in [0.3, 0.4) is 0 Å². The summed E-state index contributed by atoms with van der Waals surface area (Å²) in [6.07, 6.45) is 1.00. The third-order valence-corrected chi connectivity index (χ3v) is 5.16. The largest absolute Gasteiger partial charge is 0.452 e. The van der Waals surface area contributed by atoms with E-state index in [1.807, 2.05) is 4.90 Å². The molecule has 0 unspecified atom stereocenters. The number of carbonyl (C=O) groups is 2. The molecule has 1 aliphatic rings. The first-order valence-electron chi connectivity index (χ1n) is 9.25. The second kappa shape index (κ2) is 9.12. The number of carbonyl (C=O) groups excluding carboxylic acids is 2. The van der Waals surface area contributed by atoms with Crippen molar-refractivity contribution in [2.24, 2.45) is 0 Å². The van der Waals surface area contributed by atoms with Gasteiger partial charge in [-0.05, 0) is 30.3 Å². The number of anilines is 2. The van der Waals surface area contributed by atoms with Gasteiger partial charge >= 0.3 is 5.97 Å². The fourth-order valence-corrected chi connectivity index (χ4v) is 3.69. The van der Waals surface area contributed by atoms with Gasteiger partial charge in [-0.3, -0.25) is 9.52 Å². The molecular weight excluding hydrogens is 413 g/mol. The third-order valence-electron chi connectivity index (χ3n) is 4.55. The summed E-state index contributed by atoms with van der Waals surface area (Å²) in [5.74, 6) is -1.38. The Morgan fingerprint density at radius 2 is 1.77 bits per heavy atom. The maximum absolute atomic E-state index is 13.9. The van der Waals surface area contributed by atoms with Gasteiger partial charge in [0.25, 0.3) is 5.91 Å². The minimum atomic E-state index is -3.48. The number of ether oxygens (including phenoxy) is 1. The average Bonchev–Trinajstić information content (AvgIpc) is 2.71. The molecule has 0 aromatic heterocycles. The van der Waals surface area contributed by atoms with Crippen molar-refractivity contribution >= 4 is 33.3 Å². The smallest absolute Gasteiger partial charge is 0.338 e. The number of nitrogens with one attached hydrogen (secondary N) is 1. The maximum Gasteiger partial charge on any atom is 0.338 e. The van der Waals surface area contributed by atoms with E-state index in [0.29, 0.717) is 31.9 Å². The van der Waals surface area contributed by atoms with E-state index in [9.17, 15) is 22.4 Å². The van der Waals surface area contributed by atoms with E-state index in [2.05, 4.69) is 4.72 Å². The number of esters is 1. The molecule has 0 aliphatic carbocycles. The van der Waals surface area contributed by atoms with Crippen LogP contribution in [0.4, 0.5) is 15.8 Å². The highest BCUT2D eigenvalue weighted by Gasteiger charge is 2.23. The van der Waals surface area contributed by atoms with Gasteiger partial charge in [0.05, 0.1) is 17.5 Å². The molecule has 1 saturated heterocycles. The lowest BCUT2D eigenvalue weighted by Crippen LogP contribution is -2.50. The second-order valence-corrected chi connectivity index (χ2v) is 8.60. The van der Waals surface area contributed by atoms with Gasteiger partial charge in [0, 0.05) is 31.9 Å². The van der Waals surface area contributed by atoms with E-state index in [-0.39, 0.29) is 23.0 Å². The summed E-state index contributed by atoms with van der Waals surface area (Å²) < 4.78 is 43.9. The van der Waals surface area contributed by atoms with Crippen molar-refractivity contribution in [3.63, 3.8) is 0 Å². The Morgan fingerprint density at radius 3 is 2.43 bits per heavy atom. The summed E-state index contributed by atoms with van der Waals surface area (Å²) in [4.78, 5) is 28.0. The molecule has 3 rings (SSSR count). The predicted molar refractivity (Wildman–Crippen MR) is 110 cm³/mol. The molecular formula is C20H22FN3O5S. The minimum Gasteiger partial charge on any atom is -0.452 e. The molecule has 1 aliphatic heterocycles. The van der Waals surface area contributed by atoms with Crippen LogP contribution in [-0.2, 0) is 19.6 Å². The Kier molecular flexibility index (Phi) is 6.56. The number of halogens is 1. The summed E-state index contributed by atoms with van der Waals surface area (Å²) in [7, 11) is -3.48. The summed E-state index contributed by atoms with van der Waals surface area (Å²) in [5.41, 5.74) is 0.849. The third kappa shape index (κ3) is 5.69. The van der Waals surface area contributed by atoms with Crippen molar-refractivity contribution < 1.29 is 27.1 Å². The molecule has 1 amide bonds. The highest BCUT2D eigenvalue weighted by molar-refractivity contribution is 7.92. The predicted octanol–water partition coefficient (Wildman–Crippen LogP) is 1.70. The number of hydrogen-bond acceptors (Lipinski definition) is 6. The fourth-order valence-electron chi connectivity index (χ4n) is 3.13. The summed E-state index contributed by atoms with van der Waals surface area (Å²) in [6.45, 7) is 1.29. The van der Waals surface area contributed by atoms with Crippen molar-refractivity contribution in [2.45, 2.75) is 0 Å². The molecule has 0 saturated carbocycles. The number of hydrogen-bond donors (Lipinski definition) is 1. The van der Waals surface area contributed by atoms with E-state index >= 15 is 0 Å². The van der Waals surface area contributed by atoms with Crippen LogP contribution < -0.4 is 9.62 Å². The molecule has 160 valence electrons. The number of sulfonamides is 1. The van der Waals surface area contributed by atoms with Gasteiger partial charge in [-0.15, -0.1) is 0 Å². The first kappa shape index (κ1) is 21.6. The first-order chi connectivity index (χ1) is 14.2. The molecule has 0 radical (unpaired) electrons. The second-order valence-electron chi connectivity index (χ2n) is 6.85. The lowest BCUT2D eigenvalue weighted by molar-refractivity contribution is -0.134. The Hall–Kier alpha value is -3.14.